The topological polar surface area (TPSA) is 63.2 Å². The zero-order valence-electron chi connectivity index (χ0n) is 11.4. The lowest BCUT2D eigenvalue weighted by molar-refractivity contribution is -0.128. The van der Waals surface area contributed by atoms with Crippen LogP contribution in [0.25, 0.3) is 0 Å². The molecule has 0 bridgehead atoms. The average molecular weight is 376 g/mol. The van der Waals surface area contributed by atoms with Crippen molar-refractivity contribution in [3.05, 3.63) is 34.1 Å². The maximum absolute atomic E-state index is 14.1. The lowest BCUT2D eigenvalue weighted by atomic mass is 9.81. The number of rotatable bonds is 1. The molecule has 1 aliphatic heterocycles. The quantitative estimate of drug-likeness (QED) is 0.818. The van der Waals surface area contributed by atoms with Gasteiger partial charge in [0.15, 0.2) is 14.6 Å². The summed E-state index contributed by atoms with van der Waals surface area (Å²) < 4.78 is 38.6. The molecule has 2 aliphatic rings. The molecule has 0 aromatic heterocycles. The van der Waals surface area contributed by atoms with E-state index in [0.717, 1.165) is 6.42 Å². The van der Waals surface area contributed by atoms with Crippen LogP contribution in [-0.2, 0) is 20.2 Å². The fraction of sp³-hybridized carbons (Fsp3) is 0.500. The zero-order valence-corrected chi connectivity index (χ0v) is 13.9. The summed E-state index contributed by atoms with van der Waals surface area (Å²) in [4.78, 5) is 12.4. The van der Waals surface area contributed by atoms with Crippen molar-refractivity contribution in [1.29, 1.82) is 0 Å². The number of sulfone groups is 1. The molecule has 114 valence electrons. The number of amides is 1. The van der Waals surface area contributed by atoms with Crippen LogP contribution in [0, 0.1) is 5.82 Å². The molecule has 2 fully saturated rings. The molecule has 1 saturated heterocycles. The SMILES string of the molecule is C[C@@]1(c2cc(Br)ccc2F)CS(=O)(=O)C2(CCC2)C(=O)N1. The third kappa shape index (κ3) is 2.04. The van der Waals surface area contributed by atoms with Crippen molar-refractivity contribution < 1.29 is 17.6 Å². The first-order valence-electron chi connectivity index (χ1n) is 6.71. The molecule has 0 unspecified atom stereocenters. The van der Waals surface area contributed by atoms with Gasteiger partial charge in [0.05, 0.1) is 11.3 Å². The van der Waals surface area contributed by atoms with Crippen molar-refractivity contribution >= 4 is 31.7 Å². The standard InChI is InChI=1S/C14H15BrFNO3S/c1-13(10-7-9(15)3-4-11(10)16)8-21(19,20)14(5-2-6-14)12(18)17-13/h3-4,7H,2,5-6,8H2,1H3,(H,17,18)/t13-/m0/s1. The number of benzene rings is 1. The summed E-state index contributed by atoms with van der Waals surface area (Å²) in [6.07, 6.45) is 1.45. The summed E-state index contributed by atoms with van der Waals surface area (Å²) in [5.41, 5.74) is -1.06. The third-order valence-electron chi connectivity index (χ3n) is 4.56. The highest BCUT2D eigenvalue weighted by Gasteiger charge is 2.61. The molecule has 7 heteroatoms. The number of hydrogen-bond donors (Lipinski definition) is 1. The molecule has 1 saturated carbocycles. The van der Waals surface area contributed by atoms with Gasteiger partial charge in [-0.25, -0.2) is 12.8 Å². The fourth-order valence-electron chi connectivity index (χ4n) is 3.16. The molecule has 1 atom stereocenters. The minimum Gasteiger partial charge on any atom is -0.344 e. The van der Waals surface area contributed by atoms with Crippen LogP contribution >= 0.6 is 15.9 Å². The predicted molar refractivity (Wildman–Crippen MR) is 80.0 cm³/mol. The van der Waals surface area contributed by atoms with Crippen molar-refractivity contribution in [3.63, 3.8) is 0 Å². The van der Waals surface area contributed by atoms with Crippen molar-refractivity contribution in [2.75, 3.05) is 5.75 Å². The summed E-state index contributed by atoms with van der Waals surface area (Å²) >= 11 is 3.25. The molecule has 3 rings (SSSR count). The molecule has 1 spiro atoms. The molecular weight excluding hydrogens is 361 g/mol. The summed E-state index contributed by atoms with van der Waals surface area (Å²) in [6.45, 7) is 1.55. The Hall–Kier alpha value is -0.950. The van der Waals surface area contributed by atoms with E-state index < -0.39 is 31.8 Å². The Kier molecular flexibility index (Phi) is 3.22. The number of hydrogen-bond acceptors (Lipinski definition) is 3. The van der Waals surface area contributed by atoms with Crippen molar-refractivity contribution in [2.45, 2.75) is 36.5 Å². The van der Waals surface area contributed by atoms with Crippen LogP contribution in [-0.4, -0.2) is 24.8 Å². The Morgan fingerprint density at radius 1 is 1.33 bits per heavy atom. The minimum absolute atomic E-state index is 0.183. The predicted octanol–water partition coefficient (Wildman–Crippen LogP) is 2.27. The molecule has 1 aromatic carbocycles. The molecule has 0 radical (unpaired) electrons. The fourth-order valence-corrected chi connectivity index (χ4v) is 6.03. The van der Waals surface area contributed by atoms with E-state index in [1.807, 2.05) is 0 Å². The Morgan fingerprint density at radius 2 is 2.00 bits per heavy atom. The van der Waals surface area contributed by atoms with Gasteiger partial charge in [0, 0.05) is 10.0 Å². The van der Waals surface area contributed by atoms with E-state index in [1.165, 1.54) is 18.2 Å². The second-order valence-corrected chi connectivity index (χ2v) is 9.23. The zero-order chi connectivity index (χ0) is 15.5. The smallest absolute Gasteiger partial charge is 0.242 e. The van der Waals surface area contributed by atoms with Crippen LogP contribution in [0.3, 0.4) is 0 Å². The summed E-state index contributed by atoms with van der Waals surface area (Å²) in [7, 11) is -3.61. The maximum Gasteiger partial charge on any atom is 0.242 e. The van der Waals surface area contributed by atoms with Gasteiger partial charge in [-0.2, -0.15) is 0 Å². The monoisotopic (exact) mass is 375 g/mol. The van der Waals surface area contributed by atoms with Crippen LogP contribution < -0.4 is 5.32 Å². The Balaban J connectivity index is 2.08. The third-order valence-corrected chi connectivity index (χ3v) is 7.80. The van der Waals surface area contributed by atoms with Gasteiger partial charge in [-0.1, -0.05) is 15.9 Å². The Bertz CT molecular complexity index is 730. The van der Waals surface area contributed by atoms with E-state index >= 15 is 0 Å². The molecule has 4 nitrogen and oxygen atoms in total. The molecule has 1 heterocycles. The number of nitrogens with one attached hydrogen (secondary N) is 1. The first-order valence-corrected chi connectivity index (χ1v) is 9.15. The lowest BCUT2D eigenvalue weighted by Gasteiger charge is -2.48. The molecule has 1 aliphatic carbocycles. The number of halogens is 2. The normalized spacial score (nSPS) is 29.8. The van der Waals surface area contributed by atoms with Gasteiger partial charge < -0.3 is 5.32 Å². The van der Waals surface area contributed by atoms with Crippen molar-refractivity contribution in [1.82, 2.24) is 5.32 Å². The van der Waals surface area contributed by atoms with Crippen LogP contribution in [0.15, 0.2) is 22.7 Å². The van der Waals surface area contributed by atoms with Crippen molar-refractivity contribution in [2.24, 2.45) is 0 Å². The summed E-state index contributed by atoms with van der Waals surface area (Å²) in [5, 5.41) is 2.75. The highest BCUT2D eigenvalue weighted by molar-refractivity contribution is 9.10. The van der Waals surface area contributed by atoms with Gasteiger partial charge in [-0.05, 0) is 44.4 Å². The van der Waals surface area contributed by atoms with Crippen LogP contribution in [0.1, 0.15) is 31.7 Å². The van der Waals surface area contributed by atoms with Crippen LogP contribution in [0.4, 0.5) is 4.39 Å². The van der Waals surface area contributed by atoms with Crippen LogP contribution in [0.2, 0.25) is 0 Å². The molecule has 21 heavy (non-hydrogen) atoms. The Labute approximate surface area is 131 Å². The second-order valence-electron chi connectivity index (χ2n) is 6.02. The molecular formula is C14H15BrFNO3S. The minimum atomic E-state index is -3.61. The molecule has 1 aromatic rings. The van der Waals surface area contributed by atoms with Gasteiger partial charge in [0.25, 0.3) is 0 Å². The Morgan fingerprint density at radius 3 is 2.52 bits per heavy atom. The average Bonchev–Trinajstić information content (AvgIpc) is 2.27. The van der Waals surface area contributed by atoms with Crippen LogP contribution in [0.5, 0.6) is 0 Å². The maximum atomic E-state index is 14.1. The lowest BCUT2D eigenvalue weighted by Crippen LogP contribution is -2.68. The number of carbonyl (C=O) groups is 1. The number of carbonyl (C=O) groups excluding carboxylic acids is 1. The largest absolute Gasteiger partial charge is 0.344 e. The van der Waals surface area contributed by atoms with E-state index in [2.05, 4.69) is 21.2 Å². The van der Waals surface area contributed by atoms with E-state index in [0.29, 0.717) is 17.3 Å². The molecule has 1 amide bonds. The van der Waals surface area contributed by atoms with E-state index in [-0.39, 0.29) is 11.3 Å². The van der Waals surface area contributed by atoms with Gasteiger partial charge in [-0.3, -0.25) is 4.79 Å². The van der Waals surface area contributed by atoms with Gasteiger partial charge >= 0.3 is 0 Å². The highest BCUT2D eigenvalue weighted by atomic mass is 79.9. The summed E-state index contributed by atoms with van der Waals surface area (Å²) in [6, 6.07) is 4.32. The van der Waals surface area contributed by atoms with E-state index in [4.69, 9.17) is 0 Å². The highest BCUT2D eigenvalue weighted by Crippen LogP contribution is 2.46. The van der Waals surface area contributed by atoms with E-state index in [1.54, 1.807) is 6.92 Å². The van der Waals surface area contributed by atoms with E-state index in [9.17, 15) is 17.6 Å². The molecule has 1 N–H and O–H groups in total. The first-order chi connectivity index (χ1) is 9.70. The van der Waals surface area contributed by atoms with Gasteiger partial charge in [-0.15, -0.1) is 0 Å². The second kappa shape index (κ2) is 4.52. The van der Waals surface area contributed by atoms with Crippen molar-refractivity contribution in [3.8, 4) is 0 Å². The summed E-state index contributed by atoms with van der Waals surface area (Å²) in [5.74, 6) is -1.30. The van der Waals surface area contributed by atoms with Gasteiger partial charge in [0.2, 0.25) is 5.91 Å². The first kappa shape index (κ1) is 15.0. The van der Waals surface area contributed by atoms with Gasteiger partial charge in [0.1, 0.15) is 5.82 Å².